The topological polar surface area (TPSA) is 49.6 Å². The van der Waals surface area contributed by atoms with E-state index in [4.69, 9.17) is 5.73 Å². The van der Waals surface area contributed by atoms with Crippen LogP contribution in [0.1, 0.15) is 39.5 Å². The Bertz CT molecular complexity index is 291. The quantitative estimate of drug-likeness (QED) is 0.815. The number of likely N-dealkylation sites (tertiary alicyclic amines) is 2. The molecular formula is C14H27N3O. The number of hydrogen-bond acceptors (Lipinski definition) is 3. The van der Waals surface area contributed by atoms with E-state index in [1.165, 1.54) is 6.42 Å². The molecule has 4 heteroatoms. The summed E-state index contributed by atoms with van der Waals surface area (Å²) >= 11 is 0. The molecule has 2 N–H and O–H groups in total. The Hall–Kier alpha value is -0.610. The molecule has 2 heterocycles. The molecule has 2 aliphatic heterocycles. The van der Waals surface area contributed by atoms with Crippen LogP contribution in [-0.4, -0.2) is 54.0 Å². The van der Waals surface area contributed by atoms with Crippen LogP contribution < -0.4 is 5.73 Å². The molecule has 0 aliphatic carbocycles. The van der Waals surface area contributed by atoms with Gasteiger partial charge in [-0.2, -0.15) is 0 Å². The van der Waals surface area contributed by atoms with E-state index in [1.54, 1.807) is 0 Å². The Morgan fingerprint density at radius 1 is 1.44 bits per heavy atom. The predicted molar refractivity (Wildman–Crippen MR) is 73.2 cm³/mol. The summed E-state index contributed by atoms with van der Waals surface area (Å²) in [6, 6.07) is 0.513. The van der Waals surface area contributed by atoms with Gasteiger partial charge in [-0.1, -0.05) is 6.92 Å². The minimum atomic E-state index is 0.143. The lowest BCUT2D eigenvalue weighted by Crippen LogP contribution is -2.47. The summed E-state index contributed by atoms with van der Waals surface area (Å²) in [6.07, 6.45) is 4.40. The van der Waals surface area contributed by atoms with Gasteiger partial charge in [-0.15, -0.1) is 0 Å². The molecule has 18 heavy (non-hydrogen) atoms. The normalized spacial score (nSPS) is 33.3. The van der Waals surface area contributed by atoms with E-state index in [0.29, 0.717) is 24.4 Å². The van der Waals surface area contributed by atoms with E-state index in [9.17, 15) is 4.79 Å². The van der Waals surface area contributed by atoms with Gasteiger partial charge in [0, 0.05) is 12.6 Å². The third-order valence-electron chi connectivity index (χ3n) is 4.44. The van der Waals surface area contributed by atoms with Crippen molar-refractivity contribution < 1.29 is 4.79 Å². The van der Waals surface area contributed by atoms with Gasteiger partial charge in [0.05, 0.1) is 6.04 Å². The lowest BCUT2D eigenvalue weighted by Gasteiger charge is -2.30. The van der Waals surface area contributed by atoms with Crippen LogP contribution in [-0.2, 0) is 4.79 Å². The molecule has 104 valence electrons. The van der Waals surface area contributed by atoms with Crippen LogP contribution in [0.4, 0.5) is 0 Å². The van der Waals surface area contributed by atoms with Gasteiger partial charge in [0.25, 0.3) is 0 Å². The second-order valence-electron chi connectivity index (χ2n) is 5.87. The lowest BCUT2D eigenvalue weighted by atomic mass is 10.1. The van der Waals surface area contributed by atoms with Crippen molar-refractivity contribution in [2.24, 2.45) is 11.7 Å². The van der Waals surface area contributed by atoms with Crippen molar-refractivity contribution in [1.82, 2.24) is 9.80 Å². The summed E-state index contributed by atoms with van der Waals surface area (Å²) in [6.45, 7) is 8.06. The maximum Gasteiger partial charge on any atom is 0.240 e. The maximum absolute atomic E-state index is 12.6. The largest absolute Gasteiger partial charge is 0.338 e. The highest BCUT2D eigenvalue weighted by atomic mass is 16.2. The van der Waals surface area contributed by atoms with Crippen molar-refractivity contribution in [1.29, 1.82) is 0 Å². The molecule has 2 aliphatic rings. The molecule has 4 nitrogen and oxygen atoms in total. The second-order valence-corrected chi connectivity index (χ2v) is 5.87. The Morgan fingerprint density at radius 2 is 2.22 bits per heavy atom. The fraction of sp³-hybridized carbons (Fsp3) is 0.929. The van der Waals surface area contributed by atoms with Crippen molar-refractivity contribution >= 4 is 5.91 Å². The van der Waals surface area contributed by atoms with Crippen LogP contribution in [0.15, 0.2) is 0 Å². The average Bonchev–Trinajstić information content (AvgIpc) is 2.95. The number of carbonyl (C=O) groups is 1. The van der Waals surface area contributed by atoms with Crippen LogP contribution in [0.5, 0.6) is 0 Å². The van der Waals surface area contributed by atoms with Gasteiger partial charge in [-0.25, -0.2) is 0 Å². The molecule has 0 aromatic heterocycles. The summed E-state index contributed by atoms with van der Waals surface area (Å²) in [5.41, 5.74) is 5.74. The number of nitrogens with two attached hydrogens (primary N) is 1. The van der Waals surface area contributed by atoms with E-state index in [2.05, 4.69) is 23.6 Å². The Labute approximate surface area is 110 Å². The van der Waals surface area contributed by atoms with Crippen LogP contribution >= 0.6 is 0 Å². The summed E-state index contributed by atoms with van der Waals surface area (Å²) in [5.74, 6) is 0.856. The molecule has 3 unspecified atom stereocenters. The van der Waals surface area contributed by atoms with E-state index < -0.39 is 0 Å². The molecule has 0 spiro atoms. The van der Waals surface area contributed by atoms with Gasteiger partial charge in [0.15, 0.2) is 0 Å². The molecule has 2 fully saturated rings. The first-order valence-corrected chi connectivity index (χ1v) is 7.42. The summed E-state index contributed by atoms with van der Waals surface area (Å²) < 4.78 is 0. The minimum absolute atomic E-state index is 0.143. The number of hydrogen-bond donors (Lipinski definition) is 1. The molecule has 2 rings (SSSR count). The number of carbonyl (C=O) groups excluding carboxylic acids is 1. The van der Waals surface area contributed by atoms with Gasteiger partial charge in [0.1, 0.15) is 0 Å². The average molecular weight is 253 g/mol. The van der Waals surface area contributed by atoms with Crippen molar-refractivity contribution in [3.05, 3.63) is 0 Å². The first kappa shape index (κ1) is 13.8. The third kappa shape index (κ3) is 2.69. The first-order valence-electron chi connectivity index (χ1n) is 7.42. The van der Waals surface area contributed by atoms with Gasteiger partial charge < -0.3 is 10.6 Å². The predicted octanol–water partition coefficient (Wildman–Crippen LogP) is 1.06. The molecule has 0 radical (unpaired) electrons. The van der Waals surface area contributed by atoms with E-state index >= 15 is 0 Å². The number of amides is 1. The fourth-order valence-electron chi connectivity index (χ4n) is 3.47. The van der Waals surface area contributed by atoms with Crippen LogP contribution in [0.3, 0.4) is 0 Å². The zero-order valence-corrected chi connectivity index (χ0v) is 11.8. The van der Waals surface area contributed by atoms with E-state index in [1.807, 2.05) is 0 Å². The molecule has 0 aromatic rings. The zero-order valence-electron chi connectivity index (χ0n) is 11.8. The summed E-state index contributed by atoms with van der Waals surface area (Å²) in [7, 11) is 0. The fourth-order valence-corrected chi connectivity index (χ4v) is 3.47. The molecule has 0 aromatic carbocycles. The van der Waals surface area contributed by atoms with Gasteiger partial charge in [-0.3, -0.25) is 9.69 Å². The van der Waals surface area contributed by atoms with Gasteiger partial charge in [0.2, 0.25) is 5.91 Å². The van der Waals surface area contributed by atoms with Crippen LogP contribution in [0, 0.1) is 5.92 Å². The Balaban J connectivity index is 1.98. The van der Waals surface area contributed by atoms with Gasteiger partial charge >= 0.3 is 0 Å². The molecular weight excluding hydrogens is 226 g/mol. The van der Waals surface area contributed by atoms with Crippen LogP contribution in [0.2, 0.25) is 0 Å². The smallest absolute Gasteiger partial charge is 0.240 e. The van der Waals surface area contributed by atoms with Crippen molar-refractivity contribution in [3.63, 3.8) is 0 Å². The van der Waals surface area contributed by atoms with Crippen molar-refractivity contribution in [2.45, 2.75) is 51.6 Å². The van der Waals surface area contributed by atoms with E-state index in [-0.39, 0.29) is 6.04 Å². The maximum atomic E-state index is 12.6. The SMILES string of the molecule is CCCN1CCCC1C(=O)N1CC(CN)CC1C. The Morgan fingerprint density at radius 3 is 2.83 bits per heavy atom. The zero-order chi connectivity index (χ0) is 13.1. The molecule has 0 bridgehead atoms. The number of rotatable bonds is 4. The summed E-state index contributed by atoms with van der Waals surface area (Å²) in [4.78, 5) is 17.1. The summed E-state index contributed by atoms with van der Waals surface area (Å²) in [5, 5.41) is 0. The monoisotopic (exact) mass is 253 g/mol. The third-order valence-corrected chi connectivity index (χ3v) is 4.44. The highest BCUT2D eigenvalue weighted by molar-refractivity contribution is 5.82. The standard InChI is InChI=1S/C14H27N3O/c1-3-6-16-7-4-5-13(16)14(18)17-10-12(9-15)8-11(17)2/h11-13H,3-10,15H2,1-2H3. The first-order chi connectivity index (χ1) is 8.67. The molecule has 3 atom stereocenters. The molecule has 0 saturated carbocycles. The highest BCUT2D eigenvalue weighted by Gasteiger charge is 2.38. The van der Waals surface area contributed by atoms with Gasteiger partial charge in [-0.05, 0) is 58.2 Å². The second kappa shape index (κ2) is 6.02. The molecule has 1 amide bonds. The minimum Gasteiger partial charge on any atom is -0.338 e. The Kier molecular flexibility index (Phi) is 4.62. The highest BCUT2D eigenvalue weighted by Crippen LogP contribution is 2.27. The van der Waals surface area contributed by atoms with Crippen molar-refractivity contribution in [3.8, 4) is 0 Å². The van der Waals surface area contributed by atoms with Crippen LogP contribution in [0.25, 0.3) is 0 Å². The number of nitrogens with zero attached hydrogens (tertiary/aromatic N) is 2. The van der Waals surface area contributed by atoms with Crippen molar-refractivity contribution in [2.75, 3.05) is 26.2 Å². The van der Waals surface area contributed by atoms with E-state index in [0.717, 1.165) is 38.9 Å². The molecule has 2 saturated heterocycles. The lowest BCUT2D eigenvalue weighted by molar-refractivity contribution is -0.136.